The van der Waals surface area contributed by atoms with E-state index in [1.807, 2.05) is 6.07 Å². The van der Waals surface area contributed by atoms with Crippen LogP contribution in [0.1, 0.15) is 31.9 Å². The molecule has 0 fully saturated rings. The van der Waals surface area contributed by atoms with E-state index in [1.165, 1.54) is 0 Å². The Hall–Kier alpha value is -1.09. The number of nitrogens with two attached hydrogens (primary N) is 1. The zero-order valence-corrected chi connectivity index (χ0v) is 8.33. The molecule has 1 rings (SSSR count). The molecule has 0 atom stereocenters. The zero-order valence-electron chi connectivity index (χ0n) is 8.33. The van der Waals surface area contributed by atoms with Gasteiger partial charge in [-0.25, -0.2) is 4.98 Å². The van der Waals surface area contributed by atoms with Gasteiger partial charge in [-0.3, -0.25) is 0 Å². The van der Waals surface area contributed by atoms with Crippen molar-refractivity contribution in [3.05, 3.63) is 23.4 Å². The molecule has 0 amide bonds. The van der Waals surface area contributed by atoms with Crippen LogP contribution in [-0.4, -0.2) is 10.1 Å². The Morgan fingerprint density at radius 2 is 2.08 bits per heavy atom. The fourth-order valence-corrected chi connectivity index (χ4v) is 1.06. The summed E-state index contributed by atoms with van der Waals surface area (Å²) >= 11 is 0. The van der Waals surface area contributed by atoms with Gasteiger partial charge in [0.15, 0.2) is 0 Å². The van der Waals surface area contributed by atoms with Crippen LogP contribution in [0.5, 0.6) is 0 Å². The fourth-order valence-electron chi connectivity index (χ4n) is 1.06. The average molecular weight is 180 g/mol. The Bertz CT molecular complexity index is 302. The van der Waals surface area contributed by atoms with Crippen LogP contribution < -0.4 is 5.73 Å². The highest BCUT2D eigenvalue weighted by Crippen LogP contribution is 2.23. The van der Waals surface area contributed by atoms with E-state index >= 15 is 0 Å². The van der Waals surface area contributed by atoms with E-state index in [1.54, 1.807) is 6.20 Å². The van der Waals surface area contributed by atoms with Gasteiger partial charge in [-0.1, -0.05) is 20.8 Å². The Morgan fingerprint density at radius 3 is 2.54 bits per heavy atom. The van der Waals surface area contributed by atoms with Crippen LogP contribution in [0.2, 0.25) is 0 Å². The van der Waals surface area contributed by atoms with Crippen molar-refractivity contribution >= 4 is 5.82 Å². The molecule has 0 saturated carbocycles. The minimum Gasteiger partial charge on any atom is -0.392 e. The summed E-state index contributed by atoms with van der Waals surface area (Å²) in [6, 6.07) is 1.91. The van der Waals surface area contributed by atoms with Crippen molar-refractivity contribution in [2.45, 2.75) is 32.8 Å². The highest BCUT2D eigenvalue weighted by atomic mass is 16.3. The third-order valence-electron chi connectivity index (χ3n) is 2.04. The smallest absolute Gasteiger partial charge is 0.128 e. The molecule has 0 aliphatic carbocycles. The Balaban J connectivity index is 3.14. The molecule has 13 heavy (non-hydrogen) atoms. The molecule has 1 aromatic rings. The van der Waals surface area contributed by atoms with Crippen molar-refractivity contribution in [2.24, 2.45) is 0 Å². The lowest BCUT2D eigenvalue weighted by molar-refractivity contribution is 0.282. The van der Waals surface area contributed by atoms with Gasteiger partial charge in [0, 0.05) is 11.8 Å². The molecule has 0 aliphatic heterocycles. The molecule has 3 nitrogen and oxygen atoms in total. The Kier molecular flexibility index (Phi) is 2.57. The molecular formula is C10H16N2O. The maximum atomic E-state index is 8.99. The lowest BCUT2D eigenvalue weighted by Crippen LogP contribution is -2.13. The summed E-state index contributed by atoms with van der Waals surface area (Å²) in [5, 5.41) is 8.99. The van der Waals surface area contributed by atoms with Gasteiger partial charge in [0.25, 0.3) is 0 Å². The Morgan fingerprint density at radius 1 is 1.46 bits per heavy atom. The molecule has 0 spiro atoms. The normalized spacial score (nSPS) is 11.7. The van der Waals surface area contributed by atoms with Gasteiger partial charge in [0.1, 0.15) is 5.82 Å². The molecular weight excluding hydrogens is 164 g/mol. The van der Waals surface area contributed by atoms with Crippen molar-refractivity contribution in [3.63, 3.8) is 0 Å². The minimum absolute atomic E-state index is 0.0462. The number of aromatic nitrogens is 1. The van der Waals surface area contributed by atoms with Crippen LogP contribution in [0, 0.1) is 0 Å². The SMILES string of the molecule is CC(C)(C)c1cnc(N)c(CO)c1. The van der Waals surface area contributed by atoms with Crippen LogP contribution >= 0.6 is 0 Å². The molecule has 3 heteroatoms. The number of nitrogen functional groups attached to an aromatic ring is 1. The first kappa shape index (κ1) is 9.99. The number of hydrogen-bond acceptors (Lipinski definition) is 3. The summed E-state index contributed by atoms with van der Waals surface area (Å²) < 4.78 is 0. The van der Waals surface area contributed by atoms with Crippen LogP contribution in [0.25, 0.3) is 0 Å². The number of anilines is 1. The van der Waals surface area contributed by atoms with E-state index in [-0.39, 0.29) is 12.0 Å². The molecule has 0 bridgehead atoms. The number of rotatable bonds is 1. The topological polar surface area (TPSA) is 59.1 Å². The van der Waals surface area contributed by atoms with Gasteiger partial charge < -0.3 is 10.8 Å². The van der Waals surface area contributed by atoms with Crippen molar-refractivity contribution in [1.82, 2.24) is 4.98 Å². The van der Waals surface area contributed by atoms with E-state index in [0.717, 1.165) is 5.56 Å². The fraction of sp³-hybridized carbons (Fsp3) is 0.500. The molecule has 0 radical (unpaired) electrons. The first-order chi connectivity index (χ1) is 5.95. The first-order valence-corrected chi connectivity index (χ1v) is 4.31. The lowest BCUT2D eigenvalue weighted by Gasteiger charge is -2.19. The molecule has 0 unspecified atom stereocenters. The summed E-state index contributed by atoms with van der Waals surface area (Å²) in [5.41, 5.74) is 7.41. The molecule has 72 valence electrons. The number of nitrogens with zero attached hydrogens (tertiary/aromatic N) is 1. The highest BCUT2D eigenvalue weighted by molar-refractivity contribution is 5.41. The van der Waals surface area contributed by atoms with E-state index in [4.69, 9.17) is 10.8 Å². The van der Waals surface area contributed by atoms with Crippen LogP contribution in [0.3, 0.4) is 0 Å². The van der Waals surface area contributed by atoms with Gasteiger partial charge in [0.05, 0.1) is 6.61 Å². The predicted octanol–water partition coefficient (Wildman–Crippen LogP) is 1.45. The highest BCUT2D eigenvalue weighted by Gasteiger charge is 2.15. The van der Waals surface area contributed by atoms with Crippen molar-refractivity contribution in [1.29, 1.82) is 0 Å². The number of aliphatic hydroxyl groups is 1. The second-order valence-electron chi connectivity index (χ2n) is 4.18. The van der Waals surface area contributed by atoms with Crippen molar-refractivity contribution in [2.75, 3.05) is 5.73 Å². The summed E-state index contributed by atoms with van der Waals surface area (Å²) in [5.74, 6) is 0.413. The molecule has 1 aromatic heterocycles. The third-order valence-corrected chi connectivity index (χ3v) is 2.04. The van der Waals surface area contributed by atoms with Gasteiger partial charge in [0.2, 0.25) is 0 Å². The zero-order chi connectivity index (χ0) is 10.1. The number of pyridine rings is 1. The second kappa shape index (κ2) is 3.34. The van der Waals surface area contributed by atoms with E-state index in [0.29, 0.717) is 11.4 Å². The molecule has 0 aromatic carbocycles. The van der Waals surface area contributed by atoms with Crippen LogP contribution in [0.15, 0.2) is 12.3 Å². The first-order valence-electron chi connectivity index (χ1n) is 4.31. The van der Waals surface area contributed by atoms with E-state index in [2.05, 4.69) is 25.8 Å². The van der Waals surface area contributed by atoms with E-state index < -0.39 is 0 Å². The maximum absolute atomic E-state index is 8.99. The van der Waals surface area contributed by atoms with Crippen LogP contribution in [-0.2, 0) is 12.0 Å². The van der Waals surface area contributed by atoms with Gasteiger partial charge in [-0.2, -0.15) is 0 Å². The maximum Gasteiger partial charge on any atom is 0.128 e. The number of aliphatic hydroxyl groups excluding tert-OH is 1. The third kappa shape index (κ3) is 2.18. The predicted molar refractivity (Wildman–Crippen MR) is 53.3 cm³/mol. The summed E-state index contributed by atoms with van der Waals surface area (Å²) in [6.45, 7) is 6.24. The van der Waals surface area contributed by atoms with Crippen molar-refractivity contribution in [3.8, 4) is 0 Å². The minimum atomic E-state index is -0.0528. The second-order valence-corrected chi connectivity index (χ2v) is 4.18. The monoisotopic (exact) mass is 180 g/mol. The molecule has 0 aliphatic rings. The molecule has 1 heterocycles. The van der Waals surface area contributed by atoms with Gasteiger partial charge >= 0.3 is 0 Å². The average Bonchev–Trinajstić information content (AvgIpc) is 2.03. The molecule has 0 saturated heterocycles. The quantitative estimate of drug-likeness (QED) is 0.687. The lowest BCUT2D eigenvalue weighted by atomic mass is 9.87. The van der Waals surface area contributed by atoms with Crippen LogP contribution in [0.4, 0.5) is 5.82 Å². The summed E-state index contributed by atoms with van der Waals surface area (Å²) in [7, 11) is 0. The van der Waals surface area contributed by atoms with Gasteiger partial charge in [-0.05, 0) is 17.0 Å². The van der Waals surface area contributed by atoms with Gasteiger partial charge in [-0.15, -0.1) is 0 Å². The summed E-state index contributed by atoms with van der Waals surface area (Å²) in [6.07, 6.45) is 1.76. The number of hydrogen-bond donors (Lipinski definition) is 2. The standard InChI is InChI=1S/C10H16N2O/c1-10(2,3)8-4-7(6-13)9(11)12-5-8/h4-5,13H,6H2,1-3H3,(H2,11,12). The summed E-state index contributed by atoms with van der Waals surface area (Å²) in [4.78, 5) is 4.03. The molecule has 3 N–H and O–H groups in total. The largest absolute Gasteiger partial charge is 0.392 e. The van der Waals surface area contributed by atoms with E-state index in [9.17, 15) is 0 Å². The Labute approximate surface area is 78.6 Å². The van der Waals surface area contributed by atoms with Crippen molar-refractivity contribution < 1.29 is 5.11 Å².